The zero-order chi connectivity index (χ0) is 36.0. The second-order valence-corrected chi connectivity index (χ2v) is 15.4. The average molecular weight is 695 g/mol. The maximum absolute atomic E-state index is 10.4. The Balaban J connectivity index is 0. The van der Waals surface area contributed by atoms with Gasteiger partial charge in [-0.2, -0.15) is 0 Å². The number of hydrogen-bond acceptors (Lipinski definition) is 3. The van der Waals surface area contributed by atoms with Crippen molar-refractivity contribution in [2.45, 2.75) is 264 Å². The molecule has 0 aliphatic rings. The van der Waals surface area contributed by atoms with Crippen LogP contribution < -0.4 is 11.1 Å². The lowest BCUT2D eigenvalue weighted by molar-refractivity contribution is -0.137. The van der Waals surface area contributed by atoms with Crippen molar-refractivity contribution in [1.82, 2.24) is 5.32 Å². The van der Waals surface area contributed by atoms with Gasteiger partial charge in [0.05, 0.1) is 0 Å². The Kier molecular flexibility index (Phi) is 51.0. The molecule has 0 rings (SSSR count). The fraction of sp³-hybridized carbons (Fsp3) is 0.978. The molecule has 0 saturated carbocycles. The first-order chi connectivity index (χ1) is 24.2. The zero-order valence-electron chi connectivity index (χ0n) is 34.1. The van der Waals surface area contributed by atoms with Crippen LogP contribution in [0.2, 0.25) is 0 Å². The highest BCUT2D eigenvalue weighted by Gasteiger charge is 1.98. The monoisotopic (exact) mass is 695 g/mol. The van der Waals surface area contributed by atoms with Crippen molar-refractivity contribution in [3.05, 3.63) is 0 Å². The zero-order valence-corrected chi connectivity index (χ0v) is 34.1. The topological polar surface area (TPSA) is 75.3 Å². The molecular formula is C45H94N2O2. The van der Waals surface area contributed by atoms with Crippen LogP contribution in [0.1, 0.15) is 264 Å². The molecule has 0 amide bonds. The maximum Gasteiger partial charge on any atom is 0.303 e. The first-order valence-corrected chi connectivity index (χ1v) is 22.8. The van der Waals surface area contributed by atoms with Crippen molar-refractivity contribution in [3.63, 3.8) is 0 Å². The summed E-state index contributed by atoms with van der Waals surface area (Å²) < 4.78 is 0. The molecule has 0 saturated heterocycles. The van der Waals surface area contributed by atoms with Crippen LogP contribution in [0.5, 0.6) is 0 Å². The molecule has 0 aromatic carbocycles. The van der Waals surface area contributed by atoms with Gasteiger partial charge in [-0.1, -0.05) is 239 Å². The molecule has 4 heteroatoms. The SMILES string of the molecule is CCCCCCCCCCCCCCCCCCCCCCCCCC(=O)O.CCCCCCCCCCCCCCCCNCCCN. The fourth-order valence-electron chi connectivity index (χ4n) is 6.86. The summed E-state index contributed by atoms with van der Waals surface area (Å²) in [7, 11) is 0. The maximum atomic E-state index is 10.4. The summed E-state index contributed by atoms with van der Waals surface area (Å²) in [6, 6.07) is 0. The third-order valence-electron chi connectivity index (χ3n) is 10.3. The molecular weight excluding hydrogens is 601 g/mol. The molecule has 0 aromatic heterocycles. The highest BCUT2D eigenvalue weighted by molar-refractivity contribution is 5.66. The van der Waals surface area contributed by atoms with Crippen LogP contribution in [-0.2, 0) is 4.79 Å². The Morgan fingerprint density at radius 1 is 0.367 bits per heavy atom. The van der Waals surface area contributed by atoms with E-state index in [1.807, 2.05) is 0 Å². The van der Waals surface area contributed by atoms with Crippen molar-refractivity contribution in [3.8, 4) is 0 Å². The molecule has 296 valence electrons. The van der Waals surface area contributed by atoms with Crippen LogP contribution in [0.25, 0.3) is 0 Å². The van der Waals surface area contributed by atoms with E-state index in [-0.39, 0.29) is 0 Å². The first kappa shape index (κ1) is 50.5. The molecule has 0 spiro atoms. The van der Waals surface area contributed by atoms with E-state index < -0.39 is 5.97 Å². The number of nitrogens with two attached hydrogens (primary N) is 1. The van der Waals surface area contributed by atoms with Crippen LogP contribution in [0.3, 0.4) is 0 Å². The fourth-order valence-corrected chi connectivity index (χ4v) is 6.86. The molecule has 0 aromatic rings. The van der Waals surface area contributed by atoms with Gasteiger partial charge >= 0.3 is 5.97 Å². The smallest absolute Gasteiger partial charge is 0.303 e. The van der Waals surface area contributed by atoms with Crippen LogP contribution in [0.15, 0.2) is 0 Å². The van der Waals surface area contributed by atoms with Crippen LogP contribution >= 0.6 is 0 Å². The summed E-state index contributed by atoms with van der Waals surface area (Å²) in [5.41, 5.74) is 5.45. The lowest BCUT2D eigenvalue weighted by Gasteiger charge is -2.04. The summed E-state index contributed by atoms with van der Waals surface area (Å²) >= 11 is 0. The van der Waals surface area contributed by atoms with Gasteiger partial charge in [0.25, 0.3) is 0 Å². The minimum absolute atomic E-state index is 0.346. The summed E-state index contributed by atoms with van der Waals surface area (Å²) in [5.74, 6) is -0.650. The largest absolute Gasteiger partial charge is 0.481 e. The van der Waals surface area contributed by atoms with Gasteiger partial charge in [0.2, 0.25) is 0 Å². The van der Waals surface area contributed by atoms with Crippen LogP contribution in [0.4, 0.5) is 0 Å². The van der Waals surface area contributed by atoms with Crippen LogP contribution in [0, 0.1) is 0 Å². The van der Waals surface area contributed by atoms with E-state index in [0.29, 0.717) is 6.42 Å². The summed E-state index contributed by atoms with van der Waals surface area (Å²) in [4.78, 5) is 10.4. The van der Waals surface area contributed by atoms with Crippen molar-refractivity contribution in [1.29, 1.82) is 0 Å². The predicted octanol–water partition coefficient (Wildman–Crippen LogP) is 14.9. The van der Waals surface area contributed by atoms with Gasteiger partial charge in [-0.25, -0.2) is 0 Å². The second kappa shape index (κ2) is 49.5. The number of nitrogens with one attached hydrogen (secondary N) is 1. The standard InChI is InChI=1S/C26H52O2.C19H42N2/c1-2-3-4-5-6-7-8-9-10-11-12-13-14-15-16-17-18-19-20-21-22-23-24-25-26(27)28;1-2-3-4-5-6-7-8-9-10-11-12-13-14-15-18-21-19-16-17-20/h2-25H2,1H3,(H,27,28);21H,2-20H2,1H3. The van der Waals surface area contributed by atoms with E-state index in [2.05, 4.69) is 19.2 Å². The Morgan fingerprint density at radius 3 is 0.837 bits per heavy atom. The Hall–Kier alpha value is -0.610. The van der Waals surface area contributed by atoms with Crippen molar-refractivity contribution in [2.75, 3.05) is 19.6 Å². The number of unbranched alkanes of at least 4 members (excludes halogenated alkanes) is 35. The minimum Gasteiger partial charge on any atom is -0.481 e. The van der Waals surface area contributed by atoms with Gasteiger partial charge in [0, 0.05) is 6.42 Å². The molecule has 0 aliphatic heterocycles. The van der Waals surface area contributed by atoms with Gasteiger partial charge < -0.3 is 16.2 Å². The summed E-state index contributed by atoms with van der Waals surface area (Å²) in [6.45, 7) is 7.66. The highest BCUT2D eigenvalue weighted by atomic mass is 16.4. The van der Waals surface area contributed by atoms with Gasteiger partial charge in [-0.15, -0.1) is 0 Å². The van der Waals surface area contributed by atoms with Crippen molar-refractivity contribution < 1.29 is 9.90 Å². The quantitative estimate of drug-likeness (QED) is 0.0556. The van der Waals surface area contributed by atoms with E-state index in [9.17, 15) is 4.79 Å². The first-order valence-electron chi connectivity index (χ1n) is 22.8. The normalized spacial score (nSPS) is 11.2. The van der Waals surface area contributed by atoms with E-state index in [4.69, 9.17) is 10.8 Å². The summed E-state index contributed by atoms with van der Waals surface area (Å²) in [6.07, 6.45) is 53.2. The van der Waals surface area contributed by atoms with Crippen LogP contribution in [-0.4, -0.2) is 30.7 Å². The molecule has 0 atom stereocenters. The molecule has 0 heterocycles. The molecule has 0 radical (unpaired) electrons. The minimum atomic E-state index is -0.650. The Labute approximate surface area is 310 Å². The highest BCUT2D eigenvalue weighted by Crippen LogP contribution is 2.16. The van der Waals surface area contributed by atoms with E-state index in [1.54, 1.807) is 0 Å². The second-order valence-electron chi connectivity index (χ2n) is 15.4. The van der Waals surface area contributed by atoms with Crippen molar-refractivity contribution >= 4 is 5.97 Å². The van der Waals surface area contributed by atoms with Gasteiger partial charge in [0.1, 0.15) is 0 Å². The van der Waals surface area contributed by atoms with E-state index in [0.717, 1.165) is 32.4 Å². The van der Waals surface area contributed by atoms with Gasteiger partial charge in [-0.05, 0) is 38.9 Å². The molecule has 4 N–H and O–H groups in total. The molecule has 0 fully saturated rings. The average Bonchev–Trinajstić information content (AvgIpc) is 3.10. The van der Waals surface area contributed by atoms with Gasteiger partial charge in [0.15, 0.2) is 0 Å². The van der Waals surface area contributed by atoms with E-state index >= 15 is 0 Å². The number of aliphatic carboxylic acids is 1. The molecule has 0 aliphatic carbocycles. The number of carbonyl (C=O) groups is 1. The lowest BCUT2D eigenvalue weighted by Crippen LogP contribution is -2.19. The number of hydrogen-bond donors (Lipinski definition) is 3. The van der Waals surface area contributed by atoms with E-state index in [1.165, 1.54) is 231 Å². The number of carboxylic acid groups (broad SMARTS) is 1. The molecule has 4 nitrogen and oxygen atoms in total. The Morgan fingerprint density at radius 2 is 0.592 bits per heavy atom. The third kappa shape index (κ3) is 54.3. The molecule has 0 unspecified atom stereocenters. The predicted molar refractivity (Wildman–Crippen MR) is 221 cm³/mol. The number of carboxylic acids is 1. The third-order valence-corrected chi connectivity index (χ3v) is 10.3. The molecule has 0 bridgehead atoms. The van der Waals surface area contributed by atoms with Gasteiger partial charge in [-0.3, -0.25) is 4.79 Å². The lowest BCUT2D eigenvalue weighted by atomic mass is 10.0. The summed E-state index contributed by atoms with van der Waals surface area (Å²) in [5, 5.41) is 12.0. The number of rotatable bonds is 42. The van der Waals surface area contributed by atoms with Crippen molar-refractivity contribution in [2.24, 2.45) is 5.73 Å². The molecule has 49 heavy (non-hydrogen) atoms. The Bertz CT molecular complexity index is 552.